The molecule has 0 fully saturated rings. The predicted octanol–water partition coefficient (Wildman–Crippen LogP) is 2.85. The molecule has 0 spiro atoms. The smallest absolute Gasteiger partial charge is 0.302 e. The van der Waals surface area contributed by atoms with Crippen LogP contribution in [0.1, 0.15) is 34.0 Å². The van der Waals surface area contributed by atoms with Gasteiger partial charge in [-0.1, -0.05) is 36.4 Å². The Morgan fingerprint density at radius 1 is 1.10 bits per heavy atom. The second-order valence-electron chi connectivity index (χ2n) is 4.50. The molecule has 2 aromatic rings. The van der Waals surface area contributed by atoms with Crippen LogP contribution in [0.3, 0.4) is 0 Å². The molecule has 21 heavy (non-hydrogen) atoms. The Kier molecular flexibility index (Phi) is 4.47. The number of esters is 1. The number of nitriles is 1. The SMILES string of the molecule is CC(=O)OCc1ccc(C(=O)c2cccc(C#N)c2)cc1. The van der Waals surface area contributed by atoms with Crippen molar-refractivity contribution in [1.82, 2.24) is 0 Å². The van der Waals surface area contributed by atoms with E-state index in [0.29, 0.717) is 16.7 Å². The highest BCUT2D eigenvalue weighted by Gasteiger charge is 2.09. The lowest BCUT2D eigenvalue weighted by Crippen LogP contribution is -2.03. The van der Waals surface area contributed by atoms with E-state index in [1.807, 2.05) is 6.07 Å². The van der Waals surface area contributed by atoms with E-state index in [1.165, 1.54) is 6.92 Å². The van der Waals surface area contributed by atoms with Gasteiger partial charge < -0.3 is 4.74 Å². The summed E-state index contributed by atoms with van der Waals surface area (Å²) in [6, 6.07) is 15.4. The topological polar surface area (TPSA) is 67.2 Å². The molecule has 0 saturated heterocycles. The molecule has 4 heteroatoms. The summed E-state index contributed by atoms with van der Waals surface area (Å²) in [4.78, 5) is 23.0. The lowest BCUT2D eigenvalue weighted by atomic mass is 10.0. The summed E-state index contributed by atoms with van der Waals surface area (Å²) < 4.78 is 4.88. The molecule has 0 aliphatic rings. The first-order valence-corrected chi connectivity index (χ1v) is 6.37. The van der Waals surface area contributed by atoms with Crippen LogP contribution >= 0.6 is 0 Å². The van der Waals surface area contributed by atoms with Crippen LogP contribution in [-0.2, 0) is 16.1 Å². The van der Waals surface area contributed by atoms with Gasteiger partial charge >= 0.3 is 5.97 Å². The van der Waals surface area contributed by atoms with Crippen molar-refractivity contribution in [1.29, 1.82) is 5.26 Å². The highest BCUT2D eigenvalue weighted by molar-refractivity contribution is 6.09. The number of carbonyl (C=O) groups is 2. The molecular formula is C17H13NO3. The third kappa shape index (κ3) is 3.77. The van der Waals surface area contributed by atoms with E-state index in [4.69, 9.17) is 10.00 Å². The van der Waals surface area contributed by atoms with Crippen LogP contribution in [0.4, 0.5) is 0 Å². The van der Waals surface area contributed by atoms with Gasteiger partial charge in [0.25, 0.3) is 0 Å². The van der Waals surface area contributed by atoms with Gasteiger partial charge in [-0.15, -0.1) is 0 Å². The summed E-state index contributed by atoms with van der Waals surface area (Å²) in [6.07, 6.45) is 0. The van der Waals surface area contributed by atoms with Crippen molar-refractivity contribution in [2.24, 2.45) is 0 Å². The van der Waals surface area contributed by atoms with Crippen molar-refractivity contribution in [2.75, 3.05) is 0 Å². The number of ketones is 1. The maximum Gasteiger partial charge on any atom is 0.302 e. The van der Waals surface area contributed by atoms with Gasteiger partial charge in [0.2, 0.25) is 0 Å². The molecule has 4 nitrogen and oxygen atoms in total. The van der Waals surface area contributed by atoms with Crippen LogP contribution in [0, 0.1) is 11.3 Å². The highest BCUT2D eigenvalue weighted by atomic mass is 16.5. The molecule has 0 heterocycles. The monoisotopic (exact) mass is 279 g/mol. The van der Waals surface area contributed by atoms with Gasteiger partial charge in [-0.05, 0) is 17.7 Å². The maximum atomic E-state index is 12.3. The Bertz CT molecular complexity index is 712. The molecule has 0 N–H and O–H groups in total. The third-order valence-corrected chi connectivity index (χ3v) is 2.91. The van der Waals surface area contributed by atoms with E-state index in [2.05, 4.69) is 0 Å². The molecule has 2 rings (SSSR count). The minimum absolute atomic E-state index is 0.147. The Hall–Kier alpha value is -2.93. The number of carbonyl (C=O) groups excluding carboxylic acids is 2. The predicted molar refractivity (Wildman–Crippen MR) is 76.5 cm³/mol. The van der Waals surface area contributed by atoms with Crippen molar-refractivity contribution in [3.8, 4) is 6.07 Å². The van der Waals surface area contributed by atoms with Crippen molar-refractivity contribution in [3.63, 3.8) is 0 Å². The average molecular weight is 279 g/mol. The van der Waals surface area contributed by atoms with Crippen LogP contribution in [-0.4, -0.2) is 11.8 Å². The summed E-state index contributed by atoms with van der Waals surface area (Å²) >= 11 is 0. The summed E-state index contributed by atoms with van der Waals surface area (Å²) in [5, 5.41) is 8.85. The summed E-state index contributed by atoms with van der Waals surface area (Å²) in [5.74, 6) is -0.491. The maximum absolute atomic E-state index is 12.3. The van der Waals surface area contributed by atoms with Crippen LogP contribution in [0.15, 0.2) is 48.5 Å². The number of hydrogen-bond acceptors (Lipinski definition) is 4. The number of hydrogen-bond donors (Lipinski definition) is 0. The second-order valence-corrected chi connectivity index (χ2v) is 4.50. The number of ether oxygens (including phenoxy) is 1. The van der Waals surface area contributed by atoms with Gasteiger partial charge in [0.15, 0.2) is 5.78 Å². The van der Waals surface area contributed by atoms with E-state index in [0.717, 1.165) is 5.56 Å². The molecule has 0 saturated carbocycles. The first-order valence-electron chi connectivity index (χ1n) is 6.37. The van der Waals surface area contributed by atoms with Crippen LogP contribution in [0.25, 0.3) is 0 Å². The van der Waals surface area contributed by atoms with Crippen molar-refractivity contribution >= 4 is 11.8 Å². The Labute approximate surface area is 122 Å². The fourth-order valence-electron chi connectivity index (χ4n) is 1.83. The minimum atomic E-state index is -0.344. The normalized spacial score (nSPS) is 9.71. The van der Waals surface area contributed by atoms with Gasteiger partial charge in [-0.2, -0.15) is 5.26 Å². The lowest BCUT2D eigenvalue weighted by molar-refractivity contribution is -0.142. The Balaban J connectivity index is 2.16. The molecule has 2 aromatic carbocycles. The zero-order valence-electron chi connectivity index (χ0n) is 11.5. The molecule has 0 aromatic heterocycles. The highest BCUT2D eigenvalue weighted by Crippen LogP contribution is 2.13. The average Bonchev–Trinajstić information content (AvgIpc) is 2.52. The minimum Gasteiger partial charge on any atom is -0.461 e. The van der Waals surface area contributed by atoms with Gasteiger partial charge in [0.1, 0.15) is 6.61 Å². The van der Waals surface area contributed by atoms with Crippen LogP contribution in [0.5, 0.6) is 0 Å². The fourth-order valence-corrected chi connectivity index (χ4v) is 1.83. The van der Waals surface area contributed by atoms with Gasteiger partial charge in [0.05, 0.1) is 11.6 Å². The molecule has 0 aliphatic heterocycles. The number of benzene rings is 2. The van der Waals surface area contributed by atoms with Gasteiger partial charge in [0, 0.05) is 18.1 Å². The molecule has 0 amide bonds. The number of nitrogens with zero attached hydrogens (tertiary/aromatic N) is 1. The molecule has 0 unspecified atom stereocenters. The zero-order valence-corrected chi connectivity index (χ0v) is 11.5. The second kappa shape index (κ2) is 6.49. The molecule has 104 valence electrons. The van der Waals surface area contributed by atoms with Crippen molar-refractivity contribution in [3.05, 3.63) is 70.8 Å². The quantitative estimate of drug-likeness (QED) is 0.637. The Morgan fingerprint density at radius 2 is 1.81 bits per heavy atom. The van der Waals surface area contributed by atoms with E-state index in [1.54, 1.807) is 48.5 Å². The van der Waals surface area contributed by atoms with E-state index < -0.39 is 0 Å². The first-order chi connectivity index (χ1) is 10.1. The third-order valence-electron chi connectivity index (χ3n) is 2.91. The number of rotatable bonds is 4. The van der Waals surface area contributed by atoms with Gasteiger partial charge in [-0.3, -0.25) is 9.59 Å². The summed E-state index contributed by atoms with van der Waals surface area (Å²) in [7, 11) is 0. The van der Waals surface area contributed by atoms with E-state index >= 15 is 0 Å². The molecule has 0 radical (unpaired) electrons. The molecular weight excluding hydrogens is 266 g/mol. The van der Waals surface area contributed by atoms with Crippen LogP contribution < -0.4 is 0 Å². The van der Waals surface area contributed by atoms with Gasteiger partial charge in [-0.25, -0.2) is 0 Å². The Morgan fingerprint density at radius 3 is 2.43 bits per heavy atom. The van der Waals surface area contributed by atoms with E-state index in [-0.39, 0.29) is 18.4 Å². The molecule has 0 bridgehead atoms. The first kappa shape index (κ1) is 14.5. The molecule has 0 atom stereocenters. The summed E-state index contributed by atoms with van der Waals surface area (Å²) in [5.41, 5.74) is 2.26. The van der Waals surface area contributed by atoms with Crippen molar-refractivity contribution in [2.45, 2.75) is 13.5 Å². The largest absolute Gasteiger partial charge is 0.461 e. The standard InChI is InChI=1S/C17H13NO3/c1-12(19)21-11-13-5-7-15(8-6-13)17(20)16-4-2-3-14(9-16)10-18/h2-9H,11H2,1H3. The van der Waals surface area contributed by atoms with Crippen molar-refractivity contribution < 1.29 is 14.3 Å². The fraction of sp³-hybridized carbons (Fsp3) is 0.118. The van der Waals surface area contributed by atoms with E-state index in [9.17, 15) is 9.59 Å². The lowest BCUT2D eigenvalue weighted by Gasteiger charge is -2.05. The zero-order chi connectivity index (χ0) is 15.2. The molecule has 0 aliphatic carbocycles. The van der Waals surface area contributed by atoms with Crippen LogP contribution in [0.2, 0.25) is 0 Å². The summed E-state index contributed by atoms with van der Waals surface area (Å²) in [6.45, 7) is 1.54.